The van der Waals surface area contributed by atoms with E-state index in [1.54, 1.807) is 0 Å². The summed E-state index contributed by atoms with van der Waals surface area (Å²) in [4.78, 5) is 12.2. The van der Waals surface area contributed by atoms with E-state index in [1.807, 2.05) is 45.0 Å². The van der Waals surface area contributed by atoms with Crippen molar-refractivity contribution in [3.8, 4) is 0 Å². The fourth-order valence-electron chi connectivity index (χ4n) is 1.67. The van der Waals surface area contributed by atoms with Crippen molar-refractivity contribution in [3.05, 3.63) is 34.3 Å². The van der Waals surface area contributed by atoms with Gasteiger partial charge < -0.3 is 11.1 Å². The second-order valence-electron chi connectivity index (χ2n) is 4.84. The highest BCUT2D eigenvalue weighted by Crippen LogP contribution is 2.25. The smallest absolute Gasteiger partial charge is 0.227 e. The maximum Gasteiger partial charge on any atom is 0.227 e. The molecular weight excluding hydrogens is 292 g/mol. The van der Waals surface area contributed by atoms with E-state index in [2.05, 4.69) is 21.2 Å². The van der Waals surface area contributed by atoms with Crippen LogP contribution in [0.15, 0.2) is 28.7 Å². The molecule has 1 unspecified atom stereocenters. The highest BCUT2D eigenvalue weighted by molar-refractivity contribution is 9.10. The minimum atomic E-state index is -0.491. The summed E-state index contributed by atoms with van der Waals surface area (Å²) in [6.07, 6.45) is 0.734. The SMILES string of the molecule is CCC(C)(CN)C(=O)N[C@H](C)c1ccccc1Br. The van der Waals surface area contributed by atoms with Crippen molar-refractivity contribution in [2.45, 2.75) is 33.2 Å². The lowest BCUT2D eigenvalue weighted by Gasteiger charge is -2.27. The van der Waals surface area contributed by atoms with E-state index in [9.17, 15) is 4.79 Å². The van der Waals surface area contributed by atoms with Gasteiger partial charge in [0.15, 0.2) is 0 Å². The van der Waals surface area contributed by atoms with E-state index < -0.39 is 5.41 Å². The van der Waals surface area contributed by atoms with Gasteiger partial charge in [-0.15, -0.1) is 0 Å². The number of benzene rings is 1. The fourth-order valence-corrected chi connectivity index (χ4v) is 2.30. The first-order valence-corrected chi connectivity index (χ1v) is 6.99. The van der Waals surface area contributed by atoms with Crippen LogP contribution in [0.3, 0.4) is 0 Å². The van der Waals surface area contributed by atoms with Crippen molar-refractivity contribution in [1.82, 2.24) is 5.32 Å². The summed E-state index contributed by atoms with van der Waals surface area (Å²) in [6, 6.07) is 7.86. The molecular formula is C14H21BrN2O. The summed E-state index contributed by atoms with van der Waals surface area (Å²) in [5, 5.41) is 3.03. The molecule has 1 aromatic rings. The second-order valence-corrected chi connectivity index (χ2v) is 5.69. The zero-order valence-electron chi connectivity index (χ0n) is 11.2. The third-order valence-corrected chi connectivity index (χ3v) is 4.22. The zero-order valence-corrected chi connectivity index (χ0v) is 12.8. The first-order chi connectivity index (χ1) is 8.44. The van der Waals surface area contributed by atoms with Gasteiger partial charge in [0, 0.05) is 11.0 Å². The predicted octanol–water partition coefficient (Wildman–Crippen LogP) is 3.00. The van der Waals surface area contributed by atoms with E-state index in [0.717, 1.165) is 16.5 Å². The van der Waals surface area contributed by atoms with Crippen LogP contribution < -0.4 is 11.1 Å². The molecule has 4 heteroatoms. The Labute approximate surface area is 117 Å². The molecule has 0 heterocycles. The van der Waals surface area contributed by atoms with E-state index in [0.29, 0.717) is 6.54 Å². The molecule has 0 radical (unpaired) electrons. The lowest BCUT2D eigenvalue weighted by molar-refractivity contribution is -0.130. The third-order valence-electron chi connectivity index (χ3n) is 3.50. The molecule has 1 amide bonds. The van der Waals surface area contributed by atoms with Gasteiger partial charge in [0.2, 0.25) is 5.91 Å². The summed E-state index contributed by atoms with van der Waals surface area (Å²) >= 11 is 3.50. The fraction of sp³-hybridized carbons (Fsp3) is 0.500. The highest BCUT2D eigenvalue weighted by atomic mass is 79.9. The normalized spacial score (nSPS) is 15.8. The molecule has 2 atom stereocenters. The lowest BCUT2D eigenvalue weighted by atomic mass is 9.86. The molecule has 0 bridgehead atoms. The number of nitrogens with one attached hydrogen (secondary N) is 1. The van der Waals surface area contributed by atoms with Crippen LogP contribution in [-0.2, 0) is 4.79 Å². The van der Waals surface area contributed by atoms with Crippen molar-refractivity contribution in [1.29, 1.82) is 0 Å². The van der Waals surface area contributed by atoms with Crippen LogP contribution >= 0.6 is 15.9 Å². The first-order valence-electron chi connectivity index (χ1n) is 6.20. The summed E-state index contributed by atoms with van der Waals surface area (Å²) < 4.78 is 1.00. The van der Waals surface area contributed by atoms with E-state index in [1.165, 1.54) is 0 Å². The van der Waals surface area contributed by atoms with Gasteiger partial charge in [-0.3, -0.25) is 4.79 Å². The molecule has 1 aromatic carbocycles. The molecule has 0 aliphatic rings. The minimum absolute atomic E-state index is 0.00996. The predicted molar refractivity (Wildman–Crippen MR) is 78.2 cm³/mol. The Morgan fingerprint density at radius 1 is 1.50 bits per heavy atom. The number of carbonyl (C=O) groups is 1. The van der Waals surface area contributed by atoms with Crippen LogP contribution in [0.5, 0.6) is 0 Å². The van der Waals surface area contributed by atoms with Gasteiger partial charge in [-0.2, -0.15) is 0 Å². The van der Waals surface area contributed by atoms with Gasteiger partial charge in [0.05, 0.1) is 11.5 Å². The Kier molecular flexibility index (Phi) is 5.35. The molecule has 1 rings (SSSR count). The largest absolute Gasteiger partial charge is 0.349 e. The second kappa shape index (κ2) is 6.34. The summed E-state index contributed by atoms with van der Waals surface area (Å²) in [6.45, 7) is 6.22. The number of halogens is 1. The van der Waals surface area contributed by atoms with Crippen LogP contribution in [-0.4, -0.2) is 12.5 Å². The Morgan fingerprint density at radius 2 is 2.11 bits per heavy atom. The van der Waals surface area contributed by atoms with Gasteiger partial charge in [0.1, 0.15) is 0 Å². The number of carbonyl (C=O) groups excluding carboxylic acids is 1. The average Bonchev–Trinajstić information content (AvgIpc) is 2.38. The first kappa shape index (κ1) is 15.2. The molecule has 0 fully saturated rings. The van der Waals surface area contributed by atoms with E-state index in [-0.39, 0.29) is 11.9 Å². The van der Waals surface area contributed by atoms with Crippen LogP contribution in [0, 0.1) is 5.41 Å². The molecule has 0 spiro atoms. The monoisotopic (exact) mass is 312 g/mol. The van der Waals surface area contributed by atoms with E-state index in [4.69, 9.17) is 5.73 Å². The van der Waals surface area contributed by atoms with E-state index >= 15 is 0 Å². The van der Waals surface area contributed by atoms with Crippen LogP contribution in [0.25, 0.3) is 0 Å². The van der Waals surface area contributed by atoms with Crippen molar-refractivity contribution in [3.63, 3.8) is 0 Å². The third kappa shape index (κ3) is 3.33. The number of hydrogen-bond donors (Lipinski definition) is 2. The van der Waals surface area contributed by atoms with Crippen molar-refractivity contribution in [2.75, 3.05) is 6.54 Å². The molecule has 3 nitrogen and oxygen atoms in total. The number of nitrogens with two attached hydrogens (primary N) is 1. The van der Waals surface area contributed by atoms with Crippen molar-refractivity contribution >= 4 is 21.8 Å². The molecule has 0 saturated carbocycles. The number of amides is 1. The van der Waals surface area contributed by atoms with Crippen molar-refractivity contribution < 1.29 is 4.79 Å². The summed E-state index contributed by atoms with van der Waals surface area (Å²) in [7, 11) is 0. The quantitative estimate of drug-likeness (QED) is 0.878. The maximum absolute atomic E-state index is 12.2. The lowest BCUT2D eigenvalue weighted by Crippen LogP contribution is -2.44. The number of hydrogen-bond acceptors (Lipinski definition) is 2. The van der Waals surface area contributed by atoms with Crippen molar-refractivity contribution in [2.24, 2.45) is 11.1 Å². The molecule has 18 heavy (non-hydrogen) atoms. The molecule has 0 aliphatic heterocycles. The highest BCUT2D eigenvalue weighted by Gasteiger charge is 2.30. The topological polar surface area (TPSA) is 55.1 Å². The van der Waals surface area contributed by atoms with Gasteiger partial charge in [-0.05, 0) is 31.9 Å². The summed E-state index contributed by atoms with van der Waals surface area (Å²) in [5.41, 5.74) is 6.27. The zero-order chi connectivity index (χ0) is 13.8. The Hall–Kier alpha value is -0.870. The van der Waals surface area contributed by atoms with Crippen LogP contribution in [0.2, 0.25) is 0 Å². The molecule has 0 aromatic heterocycles. The minimum Gasteiger partial charge on any atom is -0.349 e. The summed E-state index contributed by atoms with van der Waals surface area (Å²) in [5.74, 6) is 0.00996. The van der Waals surface area contributed by atoms with Crippen LogP contribution in [0.4, 0.5) is 0 Å². The van der Waals surface area contributed by atoms with Crippen LogP contribution in [0.1, 0.15) is 38.8 Å². The van der Waals surface area contributed by atoms with Gasteiger partial charge in [-0.1, -0.05) is 41.1 Å². The van der Waals surface area contributed by atoms with Gasteiger partial charge in [0.25, 0.3) is 0 Å². The molecule has 0 aliphatic carbocycles. The standard InChI is InChI=1S/C14H21BrN2O/c1-4-14(3,9-16)13(18)17-10(2)11-7-5-6-8-12(11)15/h5-8,10H,4,9,16H2,1-3H3,(H,17,18)/t10-,14?/m1/s1. The van der Waals surface area contributed by atoms with Gasteiger partial charge in [-0.25, -0.2) is 0 Å². The Balaban J connectivity index is 2.80. The van der Waals surface area contributed by atoms with Gasteiger partial charge >= 0.3 is 0 Å². The molecule has 0 saturated heterocycles. The Bertz CT molecular complexity index is 416. The molecule has 3 N–H and O–H groups in total. The maximum atomic E-state index is 12.2. The Morgan fingerprint density at radius 3 is 2.61 bits per heavy atom. The molecule has 100 valence electrons. The average molecular weight is 313 g/mol. The number of rotatable bonds is 5.